The van der Waals surface area contributed by atoms with Crippen LogP contribution in [-0.2, 0) is 4.79 Å². The molecule has 0 aliphatic heterocycles. The van der Waals surface area contributed by atoms with Crippen LogP contribution in [0.25, 0.3) is 0 Å². The van der Waals surface area contributed by atoms with E-state index in [9.17, 15) is 4.79 Å². The van der Waals surface area contributed by atoms with E-state index < -0.39 is 0 Å². The number of benzene rings is 1. The summed E-state index contributed by atoms with van der Waals surface area (Å²) in [6.07, 6.45) is 0. The zero-order valence-corrected chi connectivity index (χ0v) is 11.0. The molecule has 0 spiro atoms. The normalized spacial score (nSPS) is 9.29. The molecule has 0 saturated heterocycles. The Hall–Kier alpha value is -1.26. The molecule has 1 rings (SSSR count). The lowest BCUT2D eigenvalue weighted by Gasteiger charge is -2.09. The Morgan fingerprint density at radius 2 is 2.06 bits per heavy atom. The summed E-state index contributed by atoms with van der Waals surface area (Å²) in [6.45, 7) is 3.34. The van der Waals surface area contributed by atoms with E-state index in [1.807, 2.05) is 31.2 Å². The number of halogens is 1. The van der Waals surface area contributed by atoms with Crippen LogP contribution in [0.5, 0.6) is 5.75 Å². The van der Waals surface area contributed by atoms with Gasteiger partial charge in [-0.25, -0.2) is 0 Å². The van der Waals surface area contributed by atoms with E-state index in [0.717, 1.165) is 11.3 Å². The van der Waals surface area contributed by atoms with Gasteiger partial charge in [0, 0.05) is 0 Å². The SMILES string of the molecule is CNCC(=O)NCCOc1ccccc1C.Cl. The molecule has 1 aromatic rings. The summed E-state index contributed by atoms with van der Waals surface area (Å²) in [4.78, 5) is 11.1. The molecular weight excluding hydrogens is 240 g/mol. The van der Waals surface area contributed by atoms with Crippen LogP contribution < -0.4 is 15.4 Å². The van der Waals surface area contributed by atoms with E-state index in [1.165, 1.54) is 0 Å². The van der Waals surface area contributed by atoms with E-state index in [1.54, 1.807) is 7.05 Å². The van der Waals surface area contributed by atoms with E-state index in [0.29, 0.717) is 19.7 Å². The van der Waals surface area contributed by atoms with Gasteiger partial charge in [0.25, 0.3) is 0 Å². The van der Waals surface area contributed by atoms with Gasteiger partial charge in [0.2, 0.25) is 5.91 Å². The van der Waals surface area contributed by atoms with E-state index >= 15 is 0 Å². The van der Waals surface area contributed by atoms with Crippen molar-refractivity contribution in [3.8, 4) is 5.75 Å². The number of aryl methyl sites for hydroxylation is 1. The van der Waals surface area contributed by atoms with Crippen LogP contribution >= 0.6 is 12.4 Å². The zero-order valence-electron chi connectivity index (χ0n) is 10.2. The summed E-state index contributed by atoms with van der Waals surface area (Å²) in [5, 5.41) is 5.53. The Balaban J connectivity index is 0.00000256. The second-order valence-corrected chi connectivity index (χ2v) is 3.49. The van der Waals surface area contributed by atoms with Crippen LogP contribution in [0, 0.1) is 6.92 Å². The molecule has 5 heteroatoms. The number of hydrogen-bond acceptors (Lipinski definition) is 3. The molecule has 0 unspecified atom stereocenters. The molecule has 1 amide bonds. The Morgan fingerprint density at radius 3 is 2.71 bits per heavy atom. The summed E-state index contributed by atoms with van der Waals surface area (Å²) >= 11 is 0. The number of para-hydroxylation sites is 1. The van der Waals surface area contributed by atoms with Crippen LogP contribution in [0.4, 0.5) is 0 Å². The van der Waals surface area contributed by atoms with Gasteiger partial charge in [0.1, 0.15) is 12.4 Å². The zero-order chi connectivity index (χ0) is 11.8. The lowest BCUT2D eigenvalue weighted by atomic mass is 10.2. The van der Waals surface area contributed by atoms with Crippen molar-refractivity contribution in [2.24, 2.45) is 0 Å². The predicted molar refractivity (Wildman–Crippen MR) is 70.9 cm³/mol. The highest BCUT2D eigenvalue weighted by atomic mass is 35.5. The number of nitrogens with one attached hydrogen (secondary N) is 2. The first-order valence-electron chi connectivity index (χ1n) is 5.33. The van der Waals surface area contributed by atoms with E-state index in [4.69, 9.17) is 4.74 Å². The molecule has 0 heterocycles. The fourth-order valence-electron chi connectivity index (χ4n) is 1.29. The summed E-state index contributed by atoms with van der Waals surface area (Å²) < 4.78 is 5.53. The fourth-order valence-corrected chi connectivity index (χ4v) is 1.29. The van der Waals surface area contributed by atoms with Crippen molar-refractivity contribution < 1.29 is 9.53 Å². The van der Waals surface area contributed by atoms with Crippen LogP contribution in [0.2, 0.25) is 0 Å². The predicted octanol–water partition coefficient (Wildman–Crippen LogP) is 1.13. The standard InChI is InChI=1S/C12H18N2O2.ClH/c1-10-5-3-4-6-11(10)16-8-7-14-12(15)9-13-2;/h3-6,13H,7-9H2,1-2H3,(H,14,15);1H. The maximum absolute atomic E-state index is 11.1. The summed E-state index contributed by atoms with van der Waals surface area (Å²) in [6, 6.07) is 7.82. The Bertz CT molecular complexity index is 345. The highest BCUT2D eigenvalue weighted by molar-refractivity contribution is 5.85. The molecule has 2 N–H and O–H groups in total. The van der Waals surface area contributed by atoms with Crippen molar-refractivity contribution in [3.05, 3.63) is 29.8 Å². The largest absolute Gasteiger partial charge is 0.491 e. The lowest BCUT2D eigenvalue weighted by molar-refractivity contribution is -0.120. The first-order chi connectivity index (χ1) is 7.74. The van der Waals surface area contributed by atoms with Crippen LogP contribution in [0.3, 0.4) is 0 Å². The number of likely N-dealkylation sites (N-methyl/N-ethyl adjacent to an activating group) is 1. The Labute approximate surface area is 108 Å². The first kappa shape index (κ1) is 15.7. The third-order valence-electron chi connectivity index (χ3n) is 2.11. The van der Waals surface area contributed by atoms with Crippen molar-refractivity contribution in [2.45, 2.75) is 6.92 Å². The first-order valence-corrected chi connectivity index (χ1v) is 5.33. The van der Waals surface area contributed by atoms with Gasteiger partial charge in [0.05, 0.1) is 13.1 Å². The average Bonchev–Trinajstić information content (AvgIpc) is 2.27. The number of hydrogen-bond donors (Lipinski definition) is 2. The number of carbonyl (C=O) groups is 1. The van der Waals surface area contributed by atoms with Crippen molar-refractivity contribution in [1.82, 2.24) is 10.6 Å². The highest BCUT2D eigenvalue weighted by Gasteiger charge is 1.99. The second kappa shape index (κ2) is 8.84. The van der Waals surface area contributed by atoms with Crippen LogP contribution in [0.15, 0.2) is 24.3 Å². The van der Waals surface area contributed by atoms with Crippen molar-refractivity contribution >= 4 is 18.3 Å². The van der Waals surface area contributed by atoms with Gasteiger partial charge in [0.15, 0.2) is 0 Å². The topological polar surface area (TPSA) is 50.4 Å². The number of ether oxygens (including phenoxy) is 1. The molecule has 1 aromatic carbocycles. The van der Waals surface area contributed by atoms with Crippen LogP contribution in [-0.4, -0.2) is 32.7 Å². The van der Waals surface area contributed by atoms with Gasteiger partial charge < -0.3 is 15.4 Å². The molecule has 0 aromatic heterocycles. The minimum atomic E-state index is -0.0177. The molecular formula is C12H19ClN2O2. The van der Waals surface area contributed by atoms with Gasteiger partial charge in [-0.15, -0.1) is 12.4 Å². The van der Waals surface area contributed by atoms with Gasteiger partial charge >= 0.3 is 0 Å². The van der Waals surface area contributed by atoms with Crippen molar-refractivity contribution in [1.29, 1.82) is 0 Å². The minimum absolute atomic E-state index is 0. The second-order valence-electron chi connectivity index (χ2n) is 3.49. The van der Waals surface area contributed by atoms with Crippen LogP contribution in [0.1, 0.15) is 5.56 Å². The number of rotatable bonds is 6. The number of carbonyl (C=O) groups excluding carboxylic acids is 1. The maximum atomic E-state index is 11.1. The quantitative estimate of drug-likeness (QED) is 0.753. The summed E-state index contributed by atoms with van der Waals surface area (Å²) in [5.74, 6) is 0.848. The summed E-state index contributed by atoms with van der Waals surface area (Å²) in [7, 11) is 1.74. The lowest BCUT2D eigenvalue weighted by Crippen LogP contribution is -2.34. The third-order valence-corrected chi connectivity index (χ3v) is 2.11. The van der Waals surface area contributed by atoms with Gasteiger partial charge in [-0.3, -0.25) is 4.79 Å². The average molecular weight is 259 g/mol. The number of amides is 1. The maximum Gasteiger partial charge on any atom is 0.234 e. The molecule has 4 nitrogen and oxygen atoms in total. The molecule has 0 aliphatic carbocycles. The fraction of sp³-hybridized carbons (Fsp3) is 0.417. The van der Waals surface area contributed by atoms with Crippen molar-refractivity contribution in [2.75, 3.05) is 26.7 Å². The molecule has 0 atom stereocenters. The molecule has 17 heavy (non-hydrogen) atoms. The summed E-state index contributed by atoms with van der Waals surface area (Å²) in [5.41, 5.74) is 1.10. The van der Waals surface area contributed by atoms with Gasteiger partial charge in [-0.05, 0) is 25.6 Å². The molecule has 0 radical (unpaired) electrons. The molecule has 0 bridgehead atoms. The third kappa shape index (κ3) is 6.14. The molecule has 0 aliphatic rings. The molecule has 0 saturated carbocycles. The Kier molecular flexibility index (Phi) is 8.19. The highest BCUT2D eigenvalue weighted by Crippen LogP contribution is 2.15. The van der Waals surface area contributed by atoms with Gasteiger partial charge in [-0.2, -0.15) is 0 Å². The van der Waals surface area contributed by atoms with Crippen molar-refractivity contribution in [3.63, 3.8) is 0 Å². The Morgan fingerprint density at radius 1 is 1.35 bits per heavy atom. The van der Waals surface area contributed by atoms with E-state index in [-0.39, 0.29) is 18.3 Å². The smallest absolute Gasteiger partial charge is 0.234 e. The molecule has 96 valence electrons. The van der Waals surface area contributed by atoms with E-state index in [2.05, 4.69) is 10.6 Å². The molecule has 0 fully saturated rings. The monoisotopic (exact) mass is 258 g/mol. The van der Waals surface area contributed by atoms with Gasteiger partial charge in [-0.1, -0.05) is 18.2 Å². The minimum Gasteiger partial charge on any atom is -0.491 e.